The molecule has 11 rings (SSSR count). The fourth-order valence-electron chi connectivity index (χ4n) is 8.25. The van der Waals surface area contributed by atoms with Crippen molar-refractivity contribution >= 4 is 43.6 Å². The quantitative estimate of drug-likeness (QED) is 0.172. The van der Waals surface area contributed by atoms with Crippen LogP contribution in [0.15, 0.2) is 200 Å². The van der Waals surface area contributed by atoms with E-state index in [1.165, 1.54) is 38.1 Å². The molecule has 0 saturated carbocycles. The summed E-state index contributed by atoms with van der Waals surface area (Å²) in [6.45, 7) is 0. The molecule has 3 aromatic heterocycles. The summed E-state index contributed by atoms with van der Waals surface area (Å²) in [5.41, 5.74) is 12.0. The summed E-state index contributed by atoms with van der Waals surface area (Å²) in [6.07, 6.45) is 0. The lowest BCUT2D eigenvalue weighted by Gasteiger charge is -2.12. The second kappa shape index (κ2) is 13.0. The summed E-state index contributed by atoms with van der Waals surface area (Å²) in [4.78, 5) is 15.0. The van der Waals surface area contributed by atoms with Gasteiger partial charge < -0.3 is 9.13 Å². The molecule has 0 spiro atoms. The molecule has 5 nitrogen and oxygen atoms in total. The molecule has 56 heavy (non-hydrogen) atoms. The third-order valence-electron chi connectivity index (χ3n) is 10.8. The summed E-state index contributed by atoms with van der Waals surface area (Å²) in [5, 5.41) is 4.88. The monoisotopic (exact) mass is 715 g/mol. The van der Waals surface area contributed by atoms with E-state index in [1.54, 1.807) is 0 Å². The van der Waals surface area contributed by atoms with Gasteiger partial charge in [0.25, 0.3) is 0 Å². The van der Waals surface area contributed by atoms with Gasteiger partial charge in [-0.15, -0.1) is 0 Å². The van der Waals surface area contributed by atoms with Crippen LogP contribution in [-0.2, 0) is 0 Å². The van der Waals surface area contributed by atoms with E-state index in [9.17, 15) is 0 Å². The maximum Gasteiger partial charge on any atom is 0.164 e. The van der Waals surface area contributed by atoms with Gasteiger partial charge in [-0.1, -0.05) is 152 Å². The average molecular weight is 716 g/mol. The molecule has 8 aromatic carbocycles. The van der Waals surface area contributed by atoms with E-state index >= 15 is 0 Å². The molecule has 0 N–H and O–H groups in total. The first-order valence-corrected chi connectivity index (χ1v) is 18.9. The fourth-order valence-corrected chi connectivity index (χ4v) is 8.25. The average Bonchev–Trinajstić information content (AvgIpc) is 3.80. The number of fused-ring (bicyclic) bond motifs is 6. The number of aromatic nitrogens is 5. The largest absolute Gasteiger partial charge is 0.309 e. The second-order valence-corrected chi connectivity index (χ2v) is 14.1. The van der Waals surface area contributed by atoms with Crippen LogP contribution in [0, 0.1) is 0 Å². The Morgan fingerprint density at radius 2 is 0.768 bits per heavy atom. The van der Waals surface area contributed by atoms with E-state index in [0.717, 1.165) is 44.7 Å². The van der Waals surface area contributed by atoms with Crippen LogP contribution >= 0.6 is 0 Å². The van der Waals surface area contributed by atoms with Crippen molar-refractivity contribution in [3.05, 3.63) is 200 Å². The Hall–Kier alpha value is -7.63. The van der Waals surface area contributed by atoms with Crippen LogP contribution in [0.2, 0.25) is 0 Å². The normalized spacial score (nSPS) is 11.6. The van der Waals surface area contributed by atoms with Crippen molar-refractivity contribution in [1.82, 2.24) is 24.1 Å². The Bertz CT molecular complexity index is 3180. The summed E-state index contributed by atoms with van der Waals surface area (Å²) in [5.74, 6) is 1.91. The lowest BCUT2D eigenvalue weighted by Crippen LogP contribution is -2.01. The molecule has 3 heterocycles. The Kier molecular flexibility index (Phi) is 7.42. The van der Waals surface area contributed by atoms with E-state index in [-0.39, 0.29) is 0 Å². The van der Waals surface area contributed by atoms with Crippen LogP contribution in [0.3, 0.4) is 0 Å². The molecule has 0 saturated heterocycles. The summed E-state index contributed by atoms with van der Waals surface area (Å²) >= 11 is 0. The van der Waals surface area contributed by atoms with Crippen LogP contribution in [0.5, 0.6) is 0 Å². The molecule has 0 atom stereocenters. The number of hydrogen-bond donors (Lipinski definition) is 0. The topological polar surface area (TPSA) is 48.5 Å². The van der Waals surface area contributed by atoms with E-state index in [4.69, 9.17) is 15.0 Å². The Balaban J connectivity index is 1.11. The van der Waals surface area contributed by atoms with Gasteiger partial charge in [-0.05, 0) is 59.7 Å². The van der Waals surface area contributed by atoms with Crippen LogP contribution in [0.1, 0.15) is 0 Å². The number of rotatable bonds is 6. The maximum atomic E-state index is 5.04. The van der Waals surface area contributed by atoms with Gasteiger partial charge in [0.1, 0.15) is 0 Å². The number of benzene rings is 8. The maximum absolute atomic E-state index is 5.04. The zero-order chi connectivity index (χ0) is 37.0. The zero-order valence-electron chi connectivity index (χ0n) is 30.3. The van der Waals surface area contributed by atoms with Crippen molar-refractivity contribution in [2.75, 3.05) is 0 Å². The Morgan fingerprint density at radius 3 is 1.46 bits per heavy atom. The van der Waals surface area contributed by atoms with Gasteiger partial charge in [-0.3, -0.25) is 0 Å². The molecule has 0 aliphatic carbocycles. The number of para-hydroxylation sites is 3. The lowest BCUT2D eigenvalue weighted by atomic mass is 9.98. The minimum Gasteiger partial charge on any atom is -0.309 e. The van der Waals surface area contributed by atoms with Gasteiger partial charge >= 0.3 is 0 Å². The molecule has 0 fully saturated rings. The minimum atomic E-state index is 0.627. The molecule has 0 aliphatic rings. The van der Waals surface area contributed by atoms with Crippen molar-refractivity contribution in [1.29, 1.82) is 0 Å². The van der Waals surface area contributed by atoms with E-state index < -0.39 is 0 Å². The number of hydrogen-bond acceptors (Lipinski definition) is 3. The standard InChI is InChI=1S/C51H33N5/c1-4-16-34(17-5-1)49-52-50(35-18-6-2-7-19-35)54-51(53-49)37-20-14-23-39(32-37)56-44-27-12-10-24-41(44)42-31-30-36(33-47(42)56)40-26-15-29-46-48(40)43-25-11-13-28-45(43)55(46)38-21-8-3-9-22-38/h1-33H. The first kappa shape index (κ1) is 31.9. The predicted octanol–water partition coefficient (Wildman–Crippen LogP) is 12.7. The highest BCUT2D eigenvalue weighted by Crippen LogP contribution is 2.41. The predicted molar refractivity (Wildman–Crippen MR) is 230 cm³/mol. The van der Waals surface area contributed by atoms with Gasteiger partial charge in [0.2, 0.25) is 0 Å². The molecule has 0 bridgehead atoms. The third-order valence-corrected chi connectivity index (χ3v) is 10.8. The summed E-state index contributed by atoms with van der Waals surface area (Å²) < 4.78 is 4.76. The molecular weight excluding hydrogens is 683 g/mol. The number of nitrogens with zero attached hydrogens (tertiary/aromatic N) is 5. The van der Waals surface area contributed by atoms with Crippen LogP contribution in [-0.4, -0.2) is 24.1 Å². The van der Waals surface area contributed by atoms with Crippen molar-refractivity contribution in [2.45, 2.75) is 0 Å². The summed E-state index contributed by atoms with van der Waals surface area (Å²) in [6, 6.07) is 70.4. The summed E-state index contributed by atoms with van der Waals surface area (Å²) in [7, 11) is 0. The fraction of sp³-hybridized carbons (Fsp3) is 0. The molecular formula is C51H33N5. The smallest absolute Gasteiger partial charge is 0.164 e. The first-order chi connectivity index (χ1) is 27.8. The van der Waals surface area contributed by atoms with E-state index in [0.29, 0.717) is 17.5 Å². The molecule has 0 aliphatic heterocycles. The zero-order valence-corrected chi connectivity index (χ0v) is 30.3. The molecule has 0 unspecified atom stereocenters. The van der Waals surface area contributed by atoms with E-state index in [2.05, 4.69) is 149 Å². The lowest BCUT2D eigenvalue weighted by molar-refractivity contribution is 1.07. The molecule has 5 heteroatoms. The van der Waals surface area contributed by atoms with Gasteiger partial charge in [-0.2, -0.15) is 0 Å². The Labute approximate surface area is 323 Å². The molecule has 11 aromatic rings. The van der Waals surface area contributed by atoms with Gasteiger partial charge in [-0.25, -0.2) is 15.0 Å². The minimum absolute atomic E-state index is 0.627. The third kappa shape index (κ3) is 5.21. The highest BCUT2D eigenvalue weighted by molar-refractivity contribution is 6.17. The SMILES string of the molecule is c1ccc(-c2nc(-c3ccccc3)nc(-c3cccc(-n4c5ccccc5c5ccc(-c6cccc7c6c6ccccc6n7-c6ccccc6)cc54)c3)n2)cc1. The molecule has 0 radical (unpaired) electrons. The van der Waals surface area contributed by atoms with Crippen LogP contribution in [0.25, 0.3) is 100 Å². The van der Waals surface area contributed by atoms with Crippen molar-refractivity contribution in [3.63, 3.8) is 0 Å². The first-order valence-electron chi connectivity index (χ1n) is 18.9. The highest BCUT2D eigenvalue weighted by atomic mass is 15.0. The van der Waals surface area contributed by atoms with Gasteiger partial charge in [0, 0.05) is 49.6 Å². The van der Waals surface area contributed by atoms with E-state index in [1.807, 2.05) is 60.7 Å². The van der Waals surface area contributed by atoms with Gasteiger partial charge in [0.05, 0.1) is 22.1 Å². The molecule has 0 amide bonds. The van der Waals surface area contributed by atoms with Crippen molar-refractivity contribution < 1.29 is 0 Å². The molecule has 262 valence electrons. The van der Waals surface area contributed by atoms with Crippen molar-refractivity contribution in [3.8, 4) is 56.7 Å². The van der Waals surface area contributed by atoms with Crippen LogP contribution in [0.4, 0.5) is 0 Å². The van der Waals surface area contributed by atoms with Gasteiger partial charge in [0.15, 0.2) is 17.5 Å². The van der Waals surface area contributed by atoms with Crippen LogP contribution < -0.4 is 0 Å². The Morgan fingerprint density at radius 1 is 0.286 bits per heavy atom. The highest BCUT2D eigenvalue weighted by Gasteiger charge is 2.19. The second-order valence-electron chi connectivity index (χ2n) is 14.1. The van der Waals surface area contributed by atoms with Crippen molar-refractivity contribution in [2.24, 2.45) is 0 Å².